The summed E-state index contributed by atoms with van der Waals surface area (Å²) in [5.74, 6) is 0.439. The van der Waals surface area contributed by atoms with Crippen molar-refractivity contribution in [3.63, 3.8) is 0 Å². The number of aromatic amines is 1. The van der Waals surface area contributed by atoms with Crippen LogP contribution in [0.1, 0.15) is 11.3 Å². The van der Waals surface area contributed by atoms with Gasteiger partial charge in [-0.15, -0.1) is 0 Å². The number of nitrogens with zero attached hydrogens (tertiary/aromatic N) is 1. The Morgan fingerprint density at radius 3 is 2.90 bits per heavy atom. The number of hydrogen-bond acceptors (Lipinski definition) is 5. The van der Waals surface area contributed by atoms with Gasteiger partial charge in [-0.1, -0.05) is 0 Å². The summed E-state index contributed by atoms with van der Waals surface area (Å²) in [7, 11) is -2.06. The van der Waals surface area contributed by atoms with E-state index in [1.807, 2.05) is 0 Å². The highest BCUT2D eigenvalue weighted by atomic mass is 32.2. The number of hydrogen-bond donors (Lipinski definition) is 3. The lowest BCUT2D eigenvalue weighted by Crippen LogP contribution is -2.22. The normalized spacial score (nSPS) is 11.5. The molecule has 0 fully saturated rings. The van der Waals surface area contributed by atoms with E-state index in [-0.39, 0.29) is 18.0 Å². The Kier molecular flexibility index (Phi) is 4.38. The van der Waals surface area contributed by atoms with Gasteiger partial charge in [0.05, 0.1) is 12.0 Å². The maximum atomic E-state index is 12.1. The molecule has 0 aliphatic rings. The first-order chi connectivity index (χ1) is 9.55. The van der Waals surface area contributed by atoms with Crippen molar-refractivity contribution in [1.82, 2.24) is 14.7 Å². The Morgan fingerprint density at radius 1 is 1.45 bits per heavy atom. The molecule has 2 aromatic rings. The largest absolute Gasteiger partial charge is 0.481 e. The predicted molar refractivity (Wildman–Crippen MR) is 73.5 cm³/mol. The monoisotopic (exact) mass is 296 g/mol. The fraction of sp³-hybridized carbons (Fsp3) is 0.250. The Bertz CT molecular complexity index is 682. The van der Waals surface area contributed by atoms with Crippen LogP contribution in [-0.4, -0.2) is 25.5 Å². The van der Waals surface area contributed by atoms with Crippen LogP contribution in [0.4, 0.5) is 0 Å². The lowest BCUT2D eigenvalue weighted by molar-refractivity contribution is 0.397. The molecule has 0 spiro atoms. The SMILES string of the molecule is COc1cc(CNS(=O)(=O)c2c[nH]c(CN)c2)ccn1. The zero-order valence-corrected chi connectivity index (χ0v) is 11.8. The van der Waals surface area contributed by atoms with Crippen molar-refractivity contribution in [2.75, 3.05) is 7.11 Å². The molecule has 2 aromatic heterocycles. The molecule has 0 amide bonds. The van der Waals surface area contributed by atoms with Gasteiger partial charge < -0.3 is 15.5 Å². The quantitative estimate of drug-likeness (QED) is 0.712. The van der Waals surface area contributed by atoms with Crippen LogP contribution >= 0.6 is 0 Å². The first kappa shape index (κ1) is 14.5. The van der Waals surface area contributed by atoms with Crippen LogP contribution in [0.15, 0.2) is 35.5 Å². The average Bonchev–Trinajstić information content (AvgIpc) is 2.95. The molecule has 20 heavy (non-hydrogen) atoms. The number of sulfonamides is 1. The van der Waals surface area contributed by atoms with E-state index in [9.17, 15) is 8.42 Å². The zero-order valence-electron chi connectivity index (χ0n) is 11.0. The molecule has 2 rings (SSSR count). The Hall–Kier alpha value is -1.90. The fourth-order valence-electron chi connectivity index (χ4n) is 1.63. The lowest BCUT2D eigenvalue weighted by Gasteiger charge is -2.06. The molecule has 4 N–H and O–H groups in total. The second kappa shape index (κ2) is 6.04. The summed E-state index contributed by atoms with van der Waals surface area (Å²) in [6.45, 7) is 0.418. The second-order valence-corrected chi connectivity index (χ2v) is 5.86. The van der Waals surface area contributed by atoms with Gasteiger partial charge in [-0.2, -0.15) is 0 Å². The van der Waals surface area contributed by atoms with Gasteiger partial charge >= 0.3 is 0 Å². The van der Waals surface area contributed by atoms with Gasteiger partial charge in [0.25, 0.3) is 0 Å². The summed E-state index contributed by atoms with van der Waals surface area (Å²) in [6.07, 6.45) is 2.98. The molecule has 0 aliphatic carbocycles. The summed E-state index contributed by atoms with van der Waals surface area (Å²) in [4.78, 5) is 6.93. The minimum absolute atomic E-state index is 0.157. The van der Waals surface area contributed by atoms with Crippen LogP contribution in [0.5, 0.6) is 5.88 Å². The number of methoxy groups -OCH3 is 1. The Labute approximate surface area is 117 Å². The standard InChI is InChI=1S/C12H16N4O3S/c1-19-12-4-9(2-3-14-12)7-16-20(17,18)11-5-10(6-13)15-8-11/h2-5,8,15-16H,6-7,13H2,1H3. The smallest absolute Gasteiger partial charge is 0.242 e. The third-order valence-corrected chi connectivity index (χ3v) is 4.10. The lowest BCUT2D eigenvalue weighted by atomic mass is 10.3. The highest BCUT2D eigenvalue weighted by Gasteiger charge is 2.15. The zero-order chi connectivity index (χ0) is 14.6. The summed E-state index contributed by atoms with van der Waals surface area (Å²) >= 11 is 0. The Morgan fingerprint density at radius 2 is 2.25 bits per heavy atom. The molecule has 0 aliphatic heterocycles. The number of rotatable bonds is 6. The molecular weight excluding hydrogens is 280 g/mol. The van der Waals surface area contributed by atoms with Crippen molar-refractivity contribution >= 4 is 10.0 Å². The molecule has 0 unspecified atom stereocenters. The van der Waals surface area contributed by atoms with Crippen molar-refractivity contribution in [3.05, 3.63) is 41.9 Å². The summed E-state index contributed by atoms with van der Waals surface area (Å²) in [5.41, 5.74) is 6.86. The van der Waals surface area contributed by atoms with Crippen molar-refractivity contribution in [3.8, 4) is 5.88 Å². The summed E-state index contributed by atoms with van der Waals surface area (Å²) < 4.78 is 31.6. The summed E-state index contributed by atoms with van der Waals surface area (Å²) in [6, 6.07) is 4.90. The van der Waals surface area contributed by atoms with Crippen molar-refractivity contribution < 1.29 is 13.2 Å². The van der Waals surface area contributed by atoms with Gasteiger partial charge in [-0.3, -0.25) is 0 Å². The topological polar surface area (TPSA) is 110 Å². The molecule has 0 bridgehead atoms. The number of H-pyrrole nitrogens is 1. The molecule has 0 radical (unpaired) electrons. The number of nitrogens with one attached hydrogen (secondary N) is 2. The predicted octanol–water partition coefficient (Wildman–Crippen LogP) is 0.355. The van der Waals surface area contributed by atoms with Gasteiger partial charge in [0.15, 0.2) is 0 Å². The first-order valence-electron chi connectivity index (χ1n) is 5.91. The Balaban J connectivity index is 2.08. The minimum atomic E-state index is -3.57. The molecule has 7 nitrogen and oxygen atoms in total. The number of ether oxygens (including phenoxy) is 1. The van der Waals surface area contributed by atoms with Crippen LogP contribution in [0, 0.1) is 0 Å². The minimum Gasteiger partial charge on any atom is -0.481 e. The molecule has 0 saturated heterocycles. The van der Waals surface area contributed by atoms with Crippen LogP contribution < -0.4 is 15.2 Å². The summed E-state index contributed by atoms with van der Waals surface area (Å²) in [5, 5.41) is 0. The molecular formula is C12H16N4O3S. The van der Waals surface area contributed by atoms with E-state index in [1.54, 1.807) is 18.3 Å². The molecule has 0 saturated carbocycles. The van der Waals surface area contributed by atoms with Gasteiger partial charge in [0.1, 0.15) is 0 Å². The van der Waals surface area contributed by atoms with E-state index in [4.69, 9.17) is 10.5 Å². The molecule has 0 aromatic carbocycles. The van der Waals surface area contributed by atoms with Crippen LogP contribution in [0.25, 0.3) is 0 Å². The van der Waals surface area contributed by atoms with E-state index in [0.29, 0.717) is 11.6 Å². The van der Waals surface area contributed by atoms with E-state index in [1.165, 1.54) is 19.4 Å². The molecule has 108 valence electrons. The van der Waals surface area contributed by atoms with E-state index in [2.05, 4.69) is 14.7 Å². The third-order valence-electron chi connectivity index (χ3n) is 2.72. The maximum Gasteiger partial charge on any atom is 0.242 e. The van der Waals surface area contributed by atoms with Crippen LogP contribution in [0.2, 0.25) is 0 Å². The van der Waals surface area contributed by atoms with E-state index >= 15 is 0 Å². The van der Waals surface area contributed by atoms with Gasteiger partial charge in [0, 0.05) is 37.2 Å². The van der Waals surface area contributed by atoms with Gasteiger partial charge in [0.2, 0.25) is 15.9 Å². The van der Waals surface area contributed by atoms with Gasteiger partial charge in [-0.25, -0.2) is 18.1 Å². The average molecular weight is 296 g/mol. The first-order valence-corrected chi connectivity index (χ1v) is 7.39. The van der Waals surface area contributed by atoms with E-state index < -0.39 is 10.0 Å². The van der Waals surface area contributed by atoms with Crippen LogP contribution in [-0.2, 0) is 23.1 Å². The van der Waals surface area contributed by atoms with Crippen molar-refractivity contribution in [2.24, 2.45) is 5.73 Å². The fourth-order valence-corrected chi connectivity index (χ4v) is 2.66. The maximum absolute atomic E-state index is 12.1. The molecule has 8 heteroatoms. The van der Waals surface area contributed by atoms with E-state index in [0.717, 1.165) is 5.56 Å². The third kappa shape index (κ3) is 3.35. The van der Waals surface area contributed by atoms with Gasteiger partial charge in [-0.05, 0) is 17.7 Å². The van der Waals surface area contributed by atoms with Crippen LogP contribution in [0.3, 0.4) is 0 Å². The number of nitrogens with two attached hydrogens (primary N) is 1. The number of pyridine rings is 1. The van der Waals surface area contributed by atoms with Crippen molar-refractivity contribution in [2.45, 2.75) is 18.0 Å². The molecule has 0 atom stereocenters. The highest BCUT2D eigenvalue weighted by Crippen LogP contribution is 2.12. The highest BCUT2D eigenvalue weighted by molar-refractivity contribution is 7.89. The number of aromatic nitrogens is 2. The van der Waals surface area contributed by atoms with Crippen molar-refractivity contribution in [1.29, 1.82) is 0 Å². The molecule has 2 heterocycles. The second-order valence-electron chi connectivity index (χ2n) is 4.10.